The summed E-state index contributed by atoms with van der Waals surface area (Å²) in [6.45, 7) is 2.53. The first-order valence-corrected chi connectivity index (χ1v) is 24.8. The highest BCUT2D eigenvalue weighted by Gasteiger charge is 2.28. The van der Waals surface area contributed by atoms with E-state index in [1.165, 1.54) is 70.6 Å². The zero-order chi connectivity index (χ0) is 44.2. The third kappa shape index (κ3) is 41.9. The zero-order valence-corrected chi connectivity index (χ0v) is 38.4. The number of unbranched alkanes of at least 4 members (excludes halogenated alkanes) is 19. The predicted octanol–water partition coefficient (Wildman–Crippen LogP) is 12.3. The van der Waals surface area contributed by atoms with Gasteiger partial charge in [-0.1, -0.05) is 158 Å². The number of amides is 1. The van der Waals surface area contributed by atoms with Gasteiger partial charge in [-0.3, -0.25) is 18.6 Å². The van der Waals surface area contributed by atoms with Crippen LogP contribution in [-0.2, 0) is 32.7 Å². The molecule has 0 radical (unpaired) electrons. The van der Waals surface area contributed by atoms with Gasteiger partial charge in [0.15, 0.2) is 6.04 Å². The molecule has 3 unspecified atom stereocenters. The number of carbonyl (C=O) groups is 3. The molecule has 0 saturated heterocycles. The van der Waals surface area contributed by atoms with Gasteiger partial charge in [0.05, 0.1) is 13.2 Å². The van der Waals surface area contributed by atoms with Crippen molar-refractivity contribution < 1.29 is 47.8 Å². The first-order valence-electron chi connectivity index (χ1n) is 23.3. The predicted molar refractivity (Wildman–Crippen MR) is 245 cm³/mol. The average molecular weight is 866 g/mol. The van der Waals surface area contributed by atoms with Gasteiger partial charge in [-0.05, 0) is 83.5 Å². The van der Waals surface area contributed by atoms with Gasteiger partial charge >= 0.3 is 19.8 Å². The molecule has 0 aliphatic heterocycles. The maximum Gasteiger partial charge on any atom is 0.472 e. The molecule has 12 heteroatoms. The summed E-state index contributed by atoms with van der Waals surface area (Å²) in [6, 6.07) is -1.56. The Hall–Kier alpha value is -2.82. The van der Waals surface area contributed by atoms with Crippen LogP contribution in [0.15, 0.2) is 60.8 Å². The summed E-state index contributed by atoms with van der Waals surface area (Å²) in [7, 11) is -4.77. The highest BCUT2D eigenvalue weighted by molar-refractivity contribution is 7.47. The summed E-state index contributed by atoms with van der Waals surface area (Å²) < 4.78 is 26.9. The van der Waals surface area contributed by atoms with E-state index in [-0.39, 0.29) is 12.8 Å². The minimum atomic E-state index is -4.77. The first-order chi connectivity index (χ1) is 29.1. The van der Waals surface area contributed by atoms with Crippen LogP contribution in [0.5, 0.6) is 0 Å². The largest absolute Gasteiger partial charge is 0.480 e. The molecular weight excluding hydrogens is 781 g/mol. The molecule has 0 aromatic rings. The Morgan fingerprint density at radius 3 is 1.37 bits per heavy atom. The number of aliphatic carboxylic acids is 1. The number of phosphoric ester groups is 1. The minimum Gasteiger partial charge on any atom is -0.480 e. The number of carboxylic acid groups (broad SMARTS) is 1. The number of rotatable bonds is 43. The van der Waals surface area contributed by atoms with Crippen molar-refractivity contribution >= 4 is 25.7 Å². The van der Waals surface area contributed by atoms with E-state index in [9.17, 15) is 34.1 Å². The fraction of sp³-hybridized carbons (Fsp3) is 0.729. The number of ether oxygens (including phenoxy) is 1. The molecular formula is C48H84NO10P. The number of hydrogen-bond acceptors (Lipinski definition) is 8. The Labute approximate surface area is 364 Å². The van der Waals surface area contributed by atoms with Crippen LogP contribution in [0, 0.1) is 0 Å². The molecule has 0 aliphatic rings. The highest BCUT2D eigenvalue weighted by atomic mass is 31.2. The van der Waals surface area contributed by atoms with E-state index < -0.39 is 57.6 Å². The Morgan fingerprint density at radius 2 is 0.917 bits per heavy atom. The second-order valence-corrected chi connectivity index (χ2v) is 17.0. The summed E-state index contributed by atoms with van der Waals surface area (Å²) in [6.07, 6.45) is 49.4. The number of hydrogen-bond donors (Lipinski definition) is 4. The van der Waals surface area contributed by atoms with Crippen LogP contribution in [0.1, 0.15) is 194 Å². The molecule has 0 heterocycles. The van der Waals surface area contributed by atoms with Gasteiger partial charge in [-0.15, -0.1) is 0 Å². The van der Waals surface area contributed by atoms with Crippen molar-refractivity contribution in [2.24, 2.45) is 0 Å². The van der Waals surface area contributed by atoms with Gasteiger partial charge in [0.1, 0.15) is 12.7 Å². The summed E-state index contributed by atoms with van der Waals surface area (Å²) in [4.78, 5) is 46.0. The lowest BCUT2D eigenvalue weighted by atomic mass is 10.1. The van der Waals surface area contributed by atoms with Crippen LogP contribution in [0.3, 0.4) is 0 Å². The van der Waals surface area contributed by atoms with Gasteiger partial charge in [-0.2, -0.15) is 0 Å². The van der Waals surface area contributed by atoms with Crippen LogP contribution in [0.4, 0.5) is 0 Å². The molecule has 0 fully saturated rings. The van der Waals surface area contributed by atoms with Crippen molar-refractivity contribution in [1.82, 2.24) is 5.32 Å². The molecule has 0 aliphatic carbocycles. The van der Waals surface area contributed by atoms with Crippen molar-refractivity contribution in [3.63, 3.8) is 0 Å². The number of carbonyl (C=O) groups excluding carboxylic acids is 2. The maximum absolute atomic E-state index is 12.3. The Morgan fingerprint density at radius 1 is 0.533 bits per heavy atom. The van der Waals surface area contributed by atoms with E-state index in [0.29, 0.717) is 12.8 Å². The molecule has 4 N–H and O–H groups in total. The molecule has 0 aromatic heterocycles. The Kier molecular flexibility index (Phi) is 40.8. The maximum atomic E-state index is 12.3. The summed E-state index contributed by atoms with van der Waals surface area (Å²) >= 11 is 0. The second kappa shape index (κ2) is 42.9. The molecule has 60 heavy (non-hydrogen) atoms. The number of aliphatic hydroxyl groups excluding tert-OH is 1. The van der Waals surface area contributed by atoms with Gasteiger partial charge in [0, 0.05) is 12.8 Å². The van der Waals surface area contributed by atoms with Crippen molar-refractivity contribution in [2.45, 2.75) is 206 Å². The molecule has 0 aromatic carbocycles. The summed E-state index contributed by atoms with van der Waals surface area (Å²) in [5, 5.41) is 21.9. The molecule has 0 rings (SSSR count). The SMILES string of the molecule is CCCCC/C=C\C/C=C\C/C=C\CCCCCCCCC(=O)NC(COP(=O)(O)OCC(O)COC(=O)CCCCCCCCC/C=C\C/C=C\CCCCC)C(=O)O. The molecule has 1 amide bonds. The highest BCUT2D eigenvalue weighted by Crippen LogP contribution is 2.43. The fourth-order valence-corrected chi connectivity index (χ4v) is 6.89. The van der Waals surface area contributed by atoms with E-state index in [0.717, 1.165) is 83.5 Å². The second-order valence-electron chi connectivity index (χ2n) is 15.6. The number of phosphoric acid groups is 1. The summed E-state index contributed by atoms with van der Waals surface area (Å²) in [5.74, 6) is -2.40. The fourth-order valence-electron chi connectivity index (χ4n) is 6.12. The topological polar surface area (TPSA) is 169 Å². The van der Waals surface area contributed by atoms with Crippen molar-refractivity contribution in [1.29, 1.82) is 0 Å². The minimum absolute atomic E-state index is 0.128. The lowest BCUT2D eigenvalue weighted by molar-refractivity contribution is -0.147. The number of carboxylic acids is 1. The van der Waals surface area contributed by atoms with E-state index in [2.05, 4.69) is 79.9 Å². The van der Waals surface area contributed by atoms with Crippen molar-refractivity contribution in [2.75, 3.05) is 19.8 Å². The lowest BCUT2D eigenvalue weighted by Gasteiger charge is -2.18. The average Bonchev–Trinajstić information content (AvgIpc) is 3.22. The standard InChI is InChI=1S/C48H84NO10P/c1-3-5-7-9-11-13-15-17-19-21-22-24-25-27-29-31-33-35-37-39-46(51)49-45(48(53)54)43-59-60(55,56)58-42-44(50)41-57-47(52)40-38-36-34-32-30-28-26-23-20-18-16-14-12-10-8-6-4-2/h11-14,17-20,22,24,44-45,50H,3-10,15-16,21,23,25-43H2,1-2H3,(H,49,51)(H,53,54)(H,55,56)/b13-11-,14-12-,19-17-,20-18-,24-22-. The van der Waals surface area contributed by atoms with Gasteiger partial charge in [0.25, 0.3) is 0 Å². The third-order valence-electron chi connectivity index (χ3n) is 9.78. The van der Waals surface area contributed by atoms with E-state index in [4.69, 9.17) is 13.8 Å². The first kappa shape index (κ1) is 57.2. The van der Waals surface area contributed by atoms with Gasteiger partial charge < -0.3 is 25.2 Å². The van der Waals surface area contributed by atoms with Crippen LogP contribution in [-0.4, -0.2) is 64.9 Å². The quantitative estimate of drug-likeness (QED) is 0.0200. The van der Waals surface area contributed by atoms with Gasteiger partial charge in [-0.25, -0.2) is 9.36 Å². The number of allylic oxidation sites excluding steroid dienone is 10. The number of aliphatic hydroxyl groups is 1. The Balaban J connectivity index is 3.92. The zero-order valence-electron chi connectivity index (χ0n) is 37.5. The smallest absolute Gasteiger partial charge is 0.472 e. The molecule has 0 spiro atoms. The van der Waals surface area contributed by atoms with Crippen LogP contribution in [0.25, 0.3) is 0 Å². The van der Waals surface area contributed by atoms with E-state index >= 15 is 0 Å². The molecule has 3 atom stereocenters. The van der Waals surface area contributed by atoms with Crippen LogP contribution < -0.4 is 5.32 Å². The Bertz CT molecular complexity index is 1250. The van der Waals surface area contributed by atoms with E-state index in [1.54, 1.807) is 0 Å². The number of esters is 1. The van der Waals surface area contributed by atoms with Crippen molar-refractivity contribution in [3.05, 3.63) is 60.8 Å². The van der Waals surface area contributed by atoms with E-state index in [1.807, 2.05) is 0 Å². The monoisotopic (exact) mass is 866 g/mol. The van der Waals surface area contributed by atoms with Gasteiger partial charge in [0.2, 0.25) is 5.91 Å². The van der Waals surface area contributed by atoms with Crippen LogP contribution in [0.2, 0.25) is 0 Å². The number of nitrogens with one attached hydrogen (secondary N) is 1. The molecule has 0 bridgehead atoms. The normalized spacial score (nSPS) is 14.2. The third-order valence-corrected chi connectivity index (χ3v) is 10.7. The van der Waals surface area contributed by atoms with Crippen molar-refractivity contribution in [3.8, 4) is 0 Å². The summed E-state index contributed by atoms with van der Waals surface area (Å²) in [5.41, 5.74) is 0. The molecule has 11 nitrogen and oxygen atoms in total. The molecule has 346 valence electrons. The van der Waals surface area contributed by atoms with Crippen LogP contribution >= 0.6 is 7.82 Å². The lowest BCUT2D eigenvalue weighted by Crippen LogP contribution is -2.43. The molecule has 0 saturated carbocycles.